The Morgan fingerprint density at radius 1 is 1.11 bits per heavy atom. The lowest BCUT2D eigenvalue weighted by Gasteiger charge is -2.39. The molecule has 0 radical (unpaired) electrons. The van der Waals surface area contributed by atoms with Crippen molar-refractivity contribution in [3.63, 3.8) is 0 Å². The Morgan fingerprint density at radius 3 is 2.04 bits per heavy atom. The number of ether oxygens (including phenoxy) is 1. The maximum atomic E-state index is 12.9. The summed E-state index contributed by atoms with van der Waals surface area (Å²) in [4.78, 5) is 14.9. The van der Waals surface area contributed by atoms with Crippen molar-refractivity contribution >= 4 is 28.3 Å². The van der Waals surface area contributed by atoms with Crippen molar-refractivity contribution in [2.75, 3.05) is 39.8 Å². The summed E-state index contributed by atoms with van der Waals surface area (Å²) < 4.78 is 32.1. The van der Waals surface area contributed by atoms with Gasteiger partial charge in [0.2, 0.25) is 15.9 Å². The van der Waals surface area contributed by atoms with Gasteiger partial charge in [-0.15, -0.1) is 12.4 Å². The van der Waals surface area contributed by atoms with Crippen molar-refractivity contribution in [3.8, 4) is 5.75 Å². The number of halogens is 1. The number of nitrogens with two attached hydrogens (primary N) is 1. The van der Waals surface area contributed by atoms with E-state index in [0.29, 0.717) is 38.2 Å². The van der Waals surface area contributed by atoms with E-state index in [1.54, 1.807) is 29.2 Å². The van der Waals surface area contributed by atoms with Crippen LogP contribution in [0.3, 0.4) is 0 Å². The van der Waals surface area contributed by atoms with Crippen LogP contribution in [0.4, 0.5) is 0 Å². The van der Waals surface area contributed by atoms with E-state index in [4.69, 9.17) is 10.5 Å². The predicted octanol–water partition coefficient (Wildman–Crippen LogP) is 1.72. The normalized spacial score (nSPS) is 15.9. The Hall–Kier alpha value is -1.35. The van der Waals surface area contributed by atoms with Crippen LogP contribution >= 0.6 is 12.4 Å². The van der Waals surface area contributed by atoms with Crippen LogP contribution in [-0.2, 0) is 14.8 Å². The summed E-state index contributed by atoms with van der Waals surface area (Å²) in [5.74, 6) is 0.642. The summed E-state index contributed by atoms with van der Waals surface area (Å²) >= 11 is 0. The van der Waals surface area contributed by atoms with Gasteiger partial charge in [0.15, 0.2) is 0 Å². The second kappa shape index (κ2) is 9.73. The van der Waals surface area contributed by atoms with Gasteiger partial charge in [-0.2, -0.15) is 4.31 Å². The third-order valence-electron chi connectivity index (χ3n) is 5.42. The molecule has 0 saturated carbocycles. The van der Waals surface area contributed by atoms with Gasteiger partial charge >= 0.3 is 0 Å². The van der Waals surface area contributed by atoms with E-state index in [-0.39, 0.29) is 36.3 Å². The summed E-state index contributed by atoms with van der Waals surface area (Å²) in [6.07, 6.45) is 1.37. The molecule has 1 aliphatic heterocycles. The lowest BCUT2D eigenvalue weighted by atomic mass is 9.81. The quantitative estimate of drug-likeness (QED) is 0.726. The first-order chi connectivity index (χ1) is 12.3. The van der Waals surface area contributed by atoms with Gasteiger partial charge in [-0.25, -0.2) is 8.42 Å². The fourth-order valence-electron chi connectivity index (χ4n) is 3.29. The molecule has 154 valence electrons. The minimum atomic E-state index is -3.57. The average Bonchev–Trinajstić information content (AvgIpc) is 2.69. The number of hydrogen-bond donors (Lipinski definition) is 1. The zero-order chi connectivity index (χ0) is 19.4. The molecule has 2 rings (SSSR count). The third kappa shape index (κ3) is 4.74. The Balaban J connectivity index is 0.00000364. The van der Waals surface area contributed by atoms with Crippen molar-refractivity contribution in [2.24, 2.45) is 11.1 Å². The number of carbonyl (C=O) groups excluding carboxylic acids is 1. The molecule has 0 aromatic heterocycles. The first kappa shape index (κ1) is 23.7. The zero-order valence-corrected chi connectivity index (χ0v) is 17.8. The number of benzene rings is 1. The molecule has 1 aliphatic rings. The molecule has 0 unspecified atom stereocenters. The first-order valence-corrected chi connectivity index (χ1v) is 10.4. The molecule has 2 N–H and O–H groups in total. The molecule has 1 aromatic rings. The summed E-state index contributed by atoms with van der Waals surface area (Å²) in [5, 5.41) is 0. The van der Waals surface area contributed by atoms with Crippen LogP contribution < -0.4 is 10.5 Å². The van der Waals surface area contributed by atoms with Crippen molar-refractivity contribution in [3.05, 3.63) is 24.3 Å². The van der Waals surface area contributed by atoms with Crippen LogP contribution in [0.25, 0.3) is 0 Å². The second-order valence-electron chi connectivity index (χ2n) is 6.56. The molecule has 1 amide bonds. The van der Waals surface area contributed by atoms with Gasteiger partial charge in [0.25, 0.3) is 0 Å². The van der Waals surface area contributed by atoms with E-state index < -0.39 is 15.4 Å². The standard InChI is InChI=1S/C18H29N3O4S.ClH/c1-4-18(5-2,14-19)17(22)20-10-12-21(13-11-20)26(23,24)16-8-6-15(25-3)7-9-16;/h6-9H,4-5,10-14,19H2,1-3H3;1H. The molecule has 1 heterocycles. The number of rotatable bonds is 7. The van der Waals surface area contributed by atoms with E-state index in [9.17, 15) is 13.2 Å². The molecule has 0 spiro atoms. The highest BCUT2D eigenvalue weighted by Crippen LogP contribution is 2.29. The number of piperazine rings is 1. The Morgan fingerprint density at radius 2 is 1.63 bits per heavy atom. The van der Waals surface area contributed by atoms with Gasteiger partial charge in [0.05, 0.1) is 17.4 Å². The predicted molar refractivity (Wildman–Crippen MR) is 108 cm³/mol. The highest BCUT2D eigenvalue weighted by Gasteiger charge is 2.39. The van der Waals surface area contributed by atoms with Crippen LogP contribution in [-0.4, -0.2) is 63.4 Å². The zero-order valence-electron chi connectivity index (χ0n) is 16.2. The van der Waals surface area contributed by atoms with Gasteiger partial charge in [-0.05, 0) is 37.1 Å². The van der Waals surface area contributed by atoms with Crippen molar-refractivity contribution in [2.45, 2.75) is 31.6 Å². The number of amides is 1. The fraction of sp³-hybridized carbons (Fsp3) is 0.611. The van der Waals surface area contributed by atoms with Crippen LogP contribution in [0, 0.1) is 5.41 Å². The topological polar surface area (TPSA) is 92.9 Å². The Bertz CT molecular complexity index is 704. The van der Waals surface area contributed by atoms with Gasteiger partial charge in [0.1, 0.15) is 5.75 Å². The number of nitrogens with zero attached hydrogens (tertiary/aromatic N) is 2. The summed E-state index contributed by atoms with van der Waals surface area (Å²) in [5.41, 5.74) is 5.32. The van der Waals surface area contributed by atoms with Crippen LogP contribution in [0.2, 0.25) is 0 Å². The van der Waals surface area contributed by atoms with E-state index >= 15 is 0 Å². The lowest BCUT2D eigenvalue weighted by molar-refractivity contribution is -0.143. The monoisotopic (exact) mass is 419 g/mol. The largest absolute Gasteiger partial charge is 0.497 e. The van der Waals surface area contributed by atoms with E-state index in [0.717, 1.165) is 0 Å². The smallest absolute Gasteiger partial charge is 0.243 e. The number of methoxy groups -OCH3 is 1. The van der Waals surface area contributed by atoms with E-state index in [2.05, 4.69) is 0 Å². The van der Waals surface area contributed by atoms with Crippen LogP contribution in [0.5, 0.6) is 5.75 Å². The minimum absolute atomic E-state index is 0. The van der Waals surface area contributed by atoms with Crippen LogP contribution in [0.1, 0.15) is 26.7 Å². The van der Waals surface area contributed by atoms with Gasteiger partial charge in [-0.1, -0.05) is 13.8 Å². The van der Waals surface area contributed by atoms with Crippen molar-refractivity contribution < 1.29 is 17.9 Å². The van der Waals surface area contributed by atoms with E-state index in [1.807, 2.05) is 13.8 Å². The average molecular weight is 420 g/mol. The molecular formula is C18H30ClN3O4S. The molecule has 1 saturated heterocycles. The molecule has 0 aliphatic carbocycles. The molecule has 1 fully saturated rings. The summed E-state index contributed by atoms with van der Waals surface area (Å²) in [7, 11) is -2.04. The molecule has 9 heteroatoms. The molecule has 7 nitrogen and oxygen atoms in total. The molecule has 27 heavy (non-hydrogen) atoms. The van der Waals surface area contributed by atoms with Gasteiger partial charge in [0, 0.05) is 32.7 Å². The number of sulfonamides is 1. The highest BCUT2D eigenvalue weighted by atomic mass is 35.5. The maximum Gasteiger partial charge on any atom is 0.243 e. The number of hydrogen-bond acceptors (Lipinski definition) is 5. The minimum Gasteiger partial charge on any atom is -0.497 e. The molecule has 1 aromatic carbocycles. The number of carbonyl (C=O) groups is 1. The highest BCUT2D eigenvalue weighted by molar-refractivity contribution is 7.89. The maximum absolute atomic E-state index is 12.9. The van der Waals surface area contributed by atoms with Crippen molar-refractivity contribution in [1.82, 2.24) is 9.21 Å². The van der Waals surface area contributed by atoms with Crippen molar-refractivity contribution in [1.29, 1.82) is 0 Å². The Labute approximate surface area is 168 Å². The van der Waals surface area contributed by atoms with Crippen LogP contribution in [0.15, 0.2) is 29.2 Å². The molecule has 0 atom stereocenters. The second-order valence-corrected chi connectivity index (χ2v) is 8.50. The SMILES string of the molecule is CCC(CC)(CN)C(=O)N1CCN(S(=O)(=O)c2ccc(OC)cc2)CC1.Cl. The Kier molecular flexibility index (Phi) is 8.53. The lowest BCUT2D eigenvalue weighted by Crippen LogP contribution is -2.55. The molecular weight excluding hydrogens is 390 g/mol. The van der Waals surface area contributed by atoms with E-state index in [1.165, 1.54) is 11.4 Å². The summed E-state index contributed by atoms with van der Waals surface area (Å²) in [6, 6.07) is 6.34. The first-order valence-electron chi connectivity index (χ1n) is 8.98. The van der Waals surface area contributed by atoms with Gasteiger partial charge < -0.3 is 15.4 Å². The third-order valence-corrected chi connectivity index (χ3v) is 7.33. The molecule has 0 bridgehead atoms. The fourth-order valence-corrected chi connectivity index (χ4v) is 4.71. The van der Waals surface area contributed by atoms with Gasteiger partial charge in [-0.3, -0.25) is 4.79 Å². The summed E-state index contributed by atoms with van der Waals surface area (Å²) in [6.45, 7) is 5.59.